The third kappa shape index (κ3) is 5.15. The van der Waals surface area contributed by atoms with E-state index in [1.54, 1.807) is 24.3 Å². The van der Waals surface area contributed by atoms with Crippen molar-refractivity contribution in [2.24, 2.45) is 5.92 Å². The zero-order valence-corrected chi connectivity index (χ0v) is 21.5. The molecule has 3 amide bonds. The number of rotatable bonds is 5. The topological polar surface area (TPSA) is 75.7 Å². The second-order valence-corrected chi connectivity index (χ2v) is 10.9. The van der Waals surface area contributed by atoms with Crippen LogP contribution in [0.4, 0.5) is 5.69 Å². The minimum absolute atomic E-state index is 0.0350. The predicted molar refractivity (Wildman–Crippen MR) is 143 cm³/mol. The smallest absolute Gasteiger partial charge is 0.261 e. The van der Waals surface area contributed by atoms with Crippen LogP contribution in [0, 0.1) is 5.92 Å². The number of nitrogens with one attached hydrogen (secondary N) is 1. The van der Waals surface area contributed by atoms with Crippen molar-refractivity contribution >= 4 is 23.4 Å². The zero-order valence-electron chi connectivity index (χ0n) is 21.5. The van der Waals surface area contributed by atoms with Gasteiger partial charge in [-0.2, -0.15) is 0 Å². The van der Waals surface area contributed by atoms with E-state index >= 15 is 0 Å². The molecule has 0 aromatic heterocycles. The van der Waals surface area contributed by atoms with Gasteiger partial charge in [-0.3, -0.25) is 19.3 Å². The molecule has 0 radical (unpaired) electrons. The van der Waals surface area contributed by atoms with Crippen molar-refractivity contribution in [2.75, 3.05) is 5.32 Å². The summed E-state index contributed by atoms with van der Waals surface area (Å²) in [5.41, 5.74) is 2.99. The van der Waals surface area contributed by atoms with E-state index in [0.29, 0.717) is 48.2 Å². The van der Waals surface area contributed by atoms with Crippen molar-refractivity contribution in [3.63, 3.8) is 0 Å². The number of benzene rings is 3. The van der Waals surface area contributed by atoms with Crippen molar-refractivity contribution in [3.05, 3.63) is 89.5 Å². The molecule has 2 aliphatic rings. The van der Waals surface area contributed by atoms with E-state index in [0.717, 1.165) is 5.75 Å². The van der Waals surface area contributed by atoms with Crippen LogP contribution in [-0.4, -0.2) is 28.7 Å². The second kappa shape index (κ2) is 9.85. The summed E-state index contributed by atoms with van der Waals surface area (Å²) in [6, 6.07) is 22.2. The molecule has 1 N–H and O–H groups in total. The standard InChI is InChI=1S/C31H32N2O4/c1-31(2,3)21-10-16-24(17-11-21)37-25-18-12-22(13-19-25)32-28(34)20-8-14-23(15-9-20)33-29(35)26-6-4-5-7-27(26)30(33)36/h4-7,10-13,16-20,23H,8-9,14-15H2,1-3H3,(H,32,34). The van der Waals surface area contributed by atoms with Crippen LogP contribution in [0.3, 0.4) is 0 Å². The summed E-state index contributed by atoms with van der Waals surface area (Å²) in [5.74, 6) is 0.834. The molecule has 1 saturated carbocycles. The van der Waals surface area contributed by atoms with E-state index in [4.69, 9.17) is 4.74 Å². The van der Waals surface area contributed by atoms with Crippen molar-refractivity contribution in [1.29, 1.82) is 0 Å². The Morgan fingerprint density at radius 1 is 0.784 bits per heavy atom. The van der Waals surface area contributed by atoms with Gasteiger partial charge in [-0.25, -0.2) is 0 Å². The lowest BCUT2D eigenvalue weighted by Crippen LogP contribution is -2.43. The Bertz CT molecular complexity index is 1280. The summed E-state index contributed by atoms with van der Waals surface area (Å²) < 4.78 is 5.95. The van der Waals surface area contributed by atoms with Crippen molar-refractivity contribution in [2.45, 2.75) is 57.9 Å². The molecule has 0 spiro atoms. The Balaban J connectivity index is 1.13. The van der Waals surface area contributed by atoms with E-state index in [9.17, 15) is 14.4 Å². The molecule has 1 aliphatic heterocycles. The molecular formula is C31H32N2O4. The van der Waals surface area contributed by atoms with Gasteiger partial charge in [-0.1, -0.05) is 45.0 Å². The maximum atomic E-state index is 12.9. The van der Waals surface area contributed by atoms with Crippen LogP contribution in [0.25, 0.3) is 0 Å². The van der Waals surface area contributed by atoms with Crippen molar-refractivity contribution in [1.82, 2.24) is 4.90 Å². The molecule has 0 unspecified atom stereocenters. The fourth-order valence-electron chi connectivity index (χ4n) is 5.15. The summed E-state index contributed by atoms with van der Waals surface area (Å²) in [6.07, 6.45) is 2.53. The molecule has 3 aromatic rings. The Hall–Kier alpha value is -3.93. The summed E-state index contributed by atoms with van der Waals surface area (Å²) in [5, 5.41) is 3.00. The fraction of sp³-hybridized carbons (Fsp3) is 0.323. The van der Waals surface area contributed by atoms with E-state index < -0.39 is 0 Å². The summed E-state index contributed by atoms with van der Waals surface area (Å²) in [6.45, 7) is 6.53. The monoisotopic (exact) mass is 496 g/mol. The number of ether oxygens (including phenoxy) is 1. The summed E-state index contributed by atoms with van der Waals surface area (Å²) in [7, 11) is 0. The highest BCUT2D eigenvalue weighted by Crippen LogP contribution is 2.34. The van der Waals surface area contributed by atoms with Gasteiger partial charge in [-0.05, 0) is 85.2 Å². The maximum absolute atomic E-state index is 12.9. The number of anilines is 1. The first-order valence-electron chi connectivity index (χ1n) is 12.9. The van der Waals surface area contributed by atoms with Gasteiger partial charge < -0.3 is 10.1 Å². The average Bonchev–Trinajstić information content (AvgIpc) is 3.15. The minimum Gasteiger partial charge on any atom is -0.457 e. The minimum atomic E-state index is -0.221. The van der Waals surface area contributed by atoms with Gasteiger partial charge in [-0.15, -0.1) is 0 Å². The Labute approximate surface area is 217 Å². The van der Waals surface area contributed by atoms with Crippen molar-refractivity contribution < 1.29 is 19.1 Å². The molecule has 0 bridgehead atoms. The number of hydrogen-bond acceptors (Lipinski definition) is 4. The molecule has 3 aromatic carbocycles. The molecule has 37 heavy (non-hydrogen) atoms. The molecule has 5 rings (SSSR count). The molecule has 1 heterocycles. The second-order valence-electron chi connectivity index (χ2n) is 10.9. The molecule has 6 nitrogen and oxygen atoms in total. The van der Waals surface area contributed by atoms with E-state index in [1.807, 2.05) is 36.4 Å². The highest BCUT2D eigenvalue weighted by molar-refractivity contribution is 6.21. The number of nitrogens with zero attached hydrogens (tertiary/aromatic N) is 1. The van der Waals surface area contributed by atoms with Crippen LogP contribution in [0.1, 0.15) is 72.7 Å². The van der Waals surface area contributed by atoms with Crippen LogP contribution < -0.4 is 10.1 Å². The number of imide groups is 1. The molecule has 0 saturated heterocycles. The first kappa shape index (κ1) is 24.8. The molecule has 1 aliphatic carbocycles. The third-order valence-corrected chi connectivity index (χ3v) is 7.34. The molecule has 1 fully saturated rings. The lowest BCUT2D eigenvalue weighted by molar-refractivity contribution is -0.121. The summed E-state index contributed by atoms with van der Waals surface area (Å²) in [4.78, 5) is 39.9. The van der Waals surface area contributed by atoms with E-state index in [-0.39, 0.29) is 35.1 Å². The largest absolute Gasteiger partial charge is 0.457 e. The molecular weight excluding hydrogens is 464 g/mol. The quantitative estimate of drug-likeness (QED) is 0.405. The van der Waals surface area contributed by atoms with E-state index in [1.165, 1.54) is 10.5 Å². The predicted octanol–water partition coefficient (Wildman–Crippen LogP) is 6.57. The van der Waals surface area contributed by atoms with Gasteiger partial charge in [0.1, 0.15) is 11.5 Å². The van der Waals surface area contributed by atoms with Crippen LogP contribution in [-0.2, 0) is 10.2 Å². The van der Waals surface area contributed by atoms with Crippen LogP contribution in [0.5, 0.6) is 11.5 Å². The number of hydrogen-bond donors (Lipinski definition) is 1. The first-order chi connectivity index (χ1) is 17.7. The normalized spacial score (nSPS) is 19.5. The number of carbonyl (C=O) groups is 3. The SMILES string of the molecule is CC(C)(C)c1ccc(Oc2ccc(NC(=O)C3CCC(N4C(=O)c5ccccc5C4=O)CC3)cc2)cc1. The molecule has 6 heteroatoms. The van der Waals surface area contributed by atoms with Crippen molar-refractivity contribution in [3.8, 4) is 11.5 Å². The van der Waals surface area contributed by atoms with Gasteiger partial charge in [0, 0.05) is 17.6 Å². The summed E-state index contributed by atoms with van der Waals surface area (Å²) >= 11 is 0. The maximum Gasteiger partial charge on any atom is 0.261 e. The third-order valence-electron chi connectivity index (χ3n) is 7.34. The first-order valence-corrected chi connectivity index (χ1v) is 12.9. The van der Waals surface area contributed by atoms with E-state index in [2.05, 4.69) is 38.2 Å². The Morgan fingerprint density at radius 3 is 1.81 bits per heavy atom. The average molecular weight is 497 g/mol. The Morgan fingerprint density at radius 2 is 1.30 bits per heavy atom. The van der Waals surface area contributed by atoms with Gasteiger partial charge in [0.2, 0.25) is 5.91 Å². The number of amides is 3. The molecule has 190 valence electrons. The Kier molecular flexibility index (Phi) is 6.59. The lowest BCUT2D eigenvalue weighted by atomic mass is 9.84. The van der Waals surface area contributed by atoms with Crippen LogP contribution >= 0.6 is 0 Å². The van der Waals surface area contributed by atoms with Gasteiger partial charge in [0.05, 0.1) is 11.1 Å². The van der Waals surface area contributed by atoms with Gasteiger partial charge in [0.25, 0.3) is 11.8 Å². The van der Waals surface area contributed by atoms with Gasteiger partial charge >= 0.3 is 0 Å². The fourth-order valence-corrected chi connectivity index (χ4v) is 5.15. The number of fused-ring (bicyclic) bond motifs is 1. The molecule has 0 atom stereocenters. The highest BCUT2D eigenvalue weighted by atomic mass is 16.5. The zero-order chi connectivity index (χ0) is 26.2. The van der Waals surface area contributed by atoms with Crippen LogP contribution in [0.15, 0.2) is 72.8 Å². The number of carbonyl (C=O) groups excluding carboxylic acids is 3. The van der Waals surface area contributed by atoms with Crippen LogP contribution in [0.2, 0.25) is 0 Å². The lowest BCUT2D eigenvalue weighted by Gasteiger charge is -2.32. The highest BCUT2D eigenvalue weighted by Gasteiger charge is 2.41. The van der Waals surface area contributed by atoms with Gasteiger partial charge in [0.15, 0.2) is 0 Å².